The number of aliphatic hydroxyl groups excluding tert-OH is 1. The van der Waals surface area contributed by atoms with Crippen molar-refractivity contribution >= 4 is 5.91 Å². The van der Waals surface area contributed by atoms with Crippen LogP contribution in [0, 0.1) is 12.8 Å². The second kappa shape index (κ2) is 15.5. The van der Waals surface area contributed by atoms with Gasteiger partial charge in [0.1, 0.15) is 0 Å². The van der Waals surface area contributed by atoms with Crippen molar-refractivity contribution < 1.29 is 28.8 Å². The first-order chi connectivity index (χ1) is 20.5. The minimum atomic E-state index is -0.763. The van der Waals surface area contributed by atoms with E-state index in [4.69, 9.17) is 24.1 Å². The van der Waals surface area contributed by atoms with Crippen molar-refractivity contribution in [2.24, 2.45) is 13.0 Å². The van der Waals surface area contributed by atoms with Crippen LogP contribution in [0.5, 0.6) is 0 Å². The molecule has 0 saturated carbocycles. The molecular formula is C32H41N3O7. The molecule has 0 unspecified atom stereocenters. The van der Waals surface area contributed by atoms with Crippen molar-refractivity contribution in [2.45, 2.75) is 39.0 Å². The van der Waals surface area contributed by atoms with Gasteiger partial charge in [0.25, 0.3) is 11.5 Å². The Morgan fingerprint density at radius 1 is 1.00 bits per heavy atom. The number of aliphatic hydroxyl groups is 1. The van der Waals surface area contributed by atoms with E-state index in [9.17, 15) is 9.59 Å². The number of nitrogens with zero attached hydrogens (tertiary/aromatic N) is 2. The van der Waals surface area contributed by atoms with E-state index in [0.29, 0.717) is 45.0 Å². The Morgan fingerprint density at radius 3 is 2.33 bits per heavy atom. The third-order valence-electron chi connectivity index (χ3n) is 7.37. The average molecular weight is 580 g/mol. The predicted octanol–water partition coefficient (Wildman–Crippen LogP) is 3.19. The quantitative estimate of drug-likeness (QED) is 0.266. The number of carbonyl (C=O) groups excluding carboxylic acids is 1. The summed E-state index contributed by atoms with van der Waals surface area (Å²) in [6.45, 7) is 5.81. The second-order valence-electron chi connectivity index (χ2n) is 10.0. The van der Waals surface area contributed by atoms with E-state index in [-0.39, 0.29) is 36.4 Å². The minimum absolute atomic E-state index is 0.0400. The maximum Gasteiger partial charge on any atom is 0.286 e. The van der Waals surface area contributed by atoms with Crippen molar-refractivity contribution in [3.05, 3.63) is 99.7 Å². The van der Waals surface area contributed by atoms with Gasteiger partial charge in [0.15, 0.2) is 5.76 Å². The molecule has 0 radical (unpaired) electrons. The molecule has 1 aliphatic heterocycles. The molecule has 42 heavy (non-hydrogen) atoms. The summed E-state index contributed by atoms with van der Waals surface area (Å²) in [6, 6.07) is 19.1. The van der Waals surface area contributed by atoms with Gasteiger partial charge in [-0.1, -0.05) is 48.5 Å². The predicted molar refractivity (Wildman–Crippen MR) is 158 cm³/mol. The Balaban J connectivity index is 1.66. The van der Waals surface area contributed by atoms with E-state index >= 15 is 0 Å². The maximum atomic E-state index is 14.0. The lowest BCUT2D eigenvalue weighted by Crippen LogP contribution is -2.40. The van der Waals surface area contributed by atoms with Crippen LogP contribution >= 0.6 is 0 Å². The van der Waals surface area contributed by atoms with Gasteiger partial charge in [0, 0.05) is 49.9 Å². The lowest BCUT2D eigenvalue weighted by molar-refractivity contribution is -0.168. The molecule has 1 aliphatic rings. The third-order valence-corrected chi connectivity index (χ3v) is 7.37. The zero-order chi connectivity index (χ0) is 29.9. The number of nitrogens with one attached hydrogen (secondary N) is 1. The molecule has 3 aromatic rings. The summed E-state index contributed by atoms with van der Waals surface area (Å²) in [5.74, 6) is -1.02. The highest BCUT2D eigenvalue weighted by Gasteiger charge is 2.41. The maximum absolute atomic E-state index is 14.0. The van der Waals surface area contributed by atoms with Gasteiger partial charge >= 0.3 is 0 Å². The third kappa shape index (κ3) is 7.57. The second-order valence-corrected chi connectivity index (χ2v) is 10.0. The number of amides is 1. The van der Waals surface area contributed by atoms with Crippen molar-refractivity contribution in [2.75, 3.05) is 39.6 Å². The number of aromatic nitrogens is 2. The minimum Gasteiger partial charge on any atom is -0.459 e. The highest BCUT2D eigenvalue weighted by Crippen LogP contribution is 2.39. The van der Waals surface area contributed by atoms with Crippen LogP contribution in [0.3, 0.4) is 0 Å². The molecular weight excluding hydrogens is 538 g/mol. The molecule has 1 amide bonds. The monoisotopic (exact) mass is 579 g/mol. The van der Waals surface area contributed by atoms with Crippen molar-refractivity contribution in [1.82, 2.24) is 14.7 Å². The number of rotatable bonds is 15. The van der Waals surface area contributed by atoms with Gasteiger partial charge in [-0.25, -0.2) is 4.68 Å². The zero-order valence-corrected chi connectivity index (χ0v) is 24.5. The topological polar surface area (TPSA) is 113 Å². The molecule has 0 aliphatic carbocycles. The zero-order valence-electron chi connectivity index (χ0n) is 24.5. The summed E-state index contributed by atoms with van der Waals surface area (Å²) in [4.78, 5) is 27.4. The molecule has 2 N–H and O–H groups in total. The molecule has 1 aromatic heterocycles. The van der Waals surface area contributed by atoms with Gasteiger partial charge in [0.2, 0.25) is 6.29 Å². The van der Waals surface area contributed by atoms with Crippen LogP contribution in [0.15, 0.2) is 77.3 Å². The van der Waals surface area contributed by atoms with Gasteiger partial charge in [-0.2, -0.15) is 0 Å². The Labute approximate surface area is 246 Å². The van der Waals surface area contributed by atoms with Crippen LogP contribution in [0.4, 0.5) is 0 Å². The van der Waals surface area contributed by atoms with E-state index in [1.165, 1.54) is 0 Å². The van der Waals surface area contributed by atoms with Crippen LogP contribution < -0.4 is 10.9 Å². The Morgan fingerprint density at radius 2 is 1.67 bits per heavy atom. The summed E-state index contributed by atoms with van der Waals surface area (Å²) in [6.07, 6.45) is 1.51. The van der Waals surface area contributed by atoms with Crippen LogP contribution in [-0.4, -0.2) is 66.3 Å². The van der Waals surface area contributed by atoms with Crippen molar-refractivity contribution in [1.29, 1.82) is 0 Å². The van der Waals surface area contributed by atoms with Crippen molar-refractivity contribution in [3.8, 4) is 5.69 Å². The van der Waals surface area contributed by atoms with Crippen LogP contribution in [-0.2, 0) is 37.3 Å². The lowest BCUT2D eigenvalue weighted by Gasteiger charge is -2.36. The lowest BCUT2D eigenvalue weighted by atomic mass is 9.81. The summed E-state index contributed by atoms with van der Waals surface area (Å²) < 4.78 is 26.8. The normalized spacial score (nSPS) is 18.4. The molecule has 3 atom stereocenters. The molecule has 0 fully saturated rings. The first kappa shape index (κ1) is 31.2. The molecule has 2 heterocycles. The number of carbonyl (C=O) groups is 1. The van der Waals surface area contributed by atoms with Gasteiger partial charge in [-0.3, -0.25) is 14.3 Å². The fourth-order valence-corrected chi connectivity index (χ4v) is 5.22. The van der Waals surface area contributed by atoms with Crippen LogP contribution in [0.2, 0.25) is 0 Å². The Bertz CT molecular complexity index is 1370. The fourth-order valence-electron chi connectivity index (χ4n) is 5.22. The van der Waals surface area contributed by atoms with Crippen LogP contribution in [0.25, 0.3) is 5.69 Å². The number of benzene rings is 2. The molecule has 0 bridgehead atoms. The number of allylic oxidation sites excluding steroid dienone is 1. The van der Waals surface area contributed by atoms with E-state index < -0.39 is 12.2 Å². The number of ether oxygens (including phenoxy) is 4. The summed E-state index contributed by atoms with van der Waals surface area (Å²) in [5.41, 5.74) is 2.92. The SMILES string of the molecule is CCO[C@@H]1OC(C(=O)NCc2ccccc2)=C[C@H](c2c(C)n(C)n(-c3ccccc3)c2=O)[C@H]1CCOCCOCCO. The van der Waals surface area contributed by atoms with Crippen LogP contribution in [0.1, 0.15) is 36.1 Å². The summed E-state index contributed by atoms with van der Waals surface area (Å²) in [7, 11) is 1.86. The smallest absolute Gasteiger partial charge is 0.286 e. The Kier molecular flexibility index (Phi) is 11.5. The van der Waals surface area contributed by atoms with Gasteiger partial charge in [-0.15, -0.1) is 0 Å². The van der Waals surface area contributed by atoms with Gasteiger partial charge in [0.05, 0.1) is 32.1 Å². The van der Waals surface area contributed by atoms with Gasteiger partial charge < -0.3 is 29.4 Å². The standard InChI is InChI=1S/C32H41N3O7/c1-4-41-32-26(15-17-39-19-20-40-18-16-36)27(21-28(42-32)30(37)33-22-24-11-7-5-8-12-24)29-23(2)34(3)35(31(29)38)25-13-9-6-10-14-25/h5-14,21,26-27,32,36H,4,15-20,22H2,1-3H3,(H,33,37)/t26-,27+,32-/m1/s1. The fraction of sp³-hybridized carbons (Fsp3) is 0.438. The molecule has 10 nitrogen and oxygen atoms in total. The molecule has 0 saturated heterocycles. The summed E-state index contributed by atoms with van der Waals surface area (Å²) >= 11 is 0. The Hall–Kier alpha value is -3.70. The number of hydrogen-bond acceptors (Lipinski definition) is 7. The molecule has 0 spiro atoms. The molecule has 10 heteroatoms. The number of hydrogen-bond donors (Lipinski definition) is 2. The highest BCUT2D eigenvalue weighted by atomic mass is 16.7. The van der Waals surface area contributed by atoms with Crippen molar-refractivity contribution in [3.63, 3.8) is 0 Å². The van der Waals surface area contributed by atoms with E-state index in [1.807, 2.05) is 86.2 Å². The molecule has 4 rings (SSSR count). The van der Waals surface area contributed by atoms with Gasteiger partial charge in [-0.05, 0) is 44.0 Å². The van der Waals surface area contributed by atoms with E-state index in [0.717, 1.165) is 16.9 Å². The van der Waals surface area contributed by atoms with E-state index in [1.54, 1.807) is 10.8 Å². The summed E-state index contributed by atoms with van der Waals surface area (Å²) in [5, 5.41) is 11.8. The molecule has 2 aromatic carbocycles. The first-order valence-electron chi connectivity index (χ1n) is 14.4. The molecule has 226 valence electrons. The first-order valence-corrected chi connectivity index (χ1v) is 14.4. The number of para-hydroxylation sites is 1. The average Bonchev–Trinajstić information content (AvgIpc) is 3.23. The van der Waals surface area contributed by atoms with E-state index in [2.05, 4.69) is 5.32 Å². The highest BCUT2D eigenvalue weighted by molar-refractivity contribution is 5.91. The largest absolute Gasteiger partial charge is 0.459 e.